The van der Waals surface area contributed by atoms with Gasteiger partial charge in [-0.1, -0.05) is 127 Å². The second-order valence-electron chi connectivity index (χ2n) is 16.1. The highest BCUT2D eigenvalue weighted by Crippen LogP contribution is 2.44. The Morgan fingerprint density at radius 1 is 0.323 bits per heavy atom. The van der Waals surface area contributed by atoms with Crippen LogP contribution in [0.5, 0.6) is 0 Å². The fourth-order valence-corrected chi connectivity index (χ4v) is 9.65. The van der Waals surface area contributed by atoms with Gasteiger partial charge in [0.2, 0.25) is 0 Å². The Morgan fingerprint density at radius 3 is 1.68 bits per heavy atom. The van der Waals surface area contributed by atoms with E-state index in [-0.39, 0.29) is 0 Å². The zero-order chi connectivity index (χ0) is 40.7. The van der Waals surface area contributed by atoms with Crippen LogP contribution in [0.3, 0.4) is 0 Å². The van der Waals surface area contributed by atoms with E-state index < -0.39 is 0 Å². The summed E-state index contributed by atoms with van der Waals surface area (Å²) in [5.74, 6) is 0. The van der Waals surface area contributed by atoms with Gasteiger partial charge in [-0.15, -0.1) is 0 Å². The summed E-state index contributed by atoms with van der Waals surface area (Å²) in [6.45, 7) is 0. The minimum absolute atomic E-state index is 0.879. The molecule has 0 aliphatic rings. The number of aromatic nitrogens is 1. The van der Waals surface area contributed by atoms with Crippen LogP contribution in [0, 0.1) is 0 Å². The Bertz CT molecular complexity index is 3830. The lowest BCUT2D eigenvalue weighted by atomic mass is 9.98. The first-order valence-corrected chi connectivity index (χ1v) is 21.1. The largest absolute Gasteiger partial charge is 0.456 e. The molecule has 0 N–H and O–H groups in total. The molecule has 0 spiro atoms. The maximum Gasteiger partial charge on any atom is 0.136 e. The van der Waals surface area contributed by atoms with Crippen molar-refractivity contribution in [2.75, 3.05) is 4.90 Å². The van der Waals surface area contributed by atoms with Gasteiger partial charge in [-0.2, -0.15) is 0 Å². The molecule has 0 amide bonds. The lowest BCUT2D eigenvalue weighted by Gasteiger charge is -2.28. The van der Waals surface area contributed by atoms with E-state index in [9.17, 15) is 0 Å². The summed E-state index contributed by atoms with van der Waals surface area (Å²) in [4.78, 5) is 2.40. The molecule has 0 atom stereocenters. The quantitative estimate of drug-likeness (QED) is 0.168. The number of fused-ring (bicyclic) bond motifs is 10. The fourth-order valence-electron chi connectivity index (χ4n) is 9.65. The average molecular weight is 793 g/mol. The molecule has 13 aromatic rings. The van der Waals surface area contributed by atoms with Gasteiger partial charge in [0.05, 0.1) is 16.7 Å². The number of benzene rings is 10. The molecule has 0 radical (unpaired) electrons. The van der Waals surface area contributed by atoms with Crippen LogP contribution in [0.2, 0.25) is 0 Å². The van der Waals surface area contributed by atoms with E-state index in [1.54, 1.807) is 0 Å². The molecule has 4 nitrogen and oxygen atoms in total. The summed E-state index contributed by atoms with van der Waals surface area (Å²) in [5, 5.41) is 9.31. The molecule has 0 bridgehead atoms. The predicted octanol–water partition coefficient (Wildman–Crippen LogP) is 16.5. The molecule has 0 aliphatic carbocycles. The van der Waals surface area contributed by atoms with Crippen molar-refractivity contribution in [1.82, 2.24) is 4.57 Å². The Kier molecular flexibility index (Phi) is 7.57. The highest BCUT2D eigenvalue weighted by molar-refractivity contribution is 6.12. The van der Waals surface area contributed by atoms with Crippen molar-refractivity contribution in [3.05, 3.63) is 218 Å². The zero-order valence-electron chi connectivity index (χ0n) is 33.5. The van der Waals surface area contributed by atoms with Gasteiger partial charge in [0.15, 0.2) is 0 Å². The molecule has 62 heavy (non-hydrogen) atoms. The normalized spacial score (nSPS) is 11.9. The van der Waals surface area contributed by atoms with Crippen LogP contribution in [-0.2, 0) is 0 Å². The first kappa shape index (κ1) is 34.5. The van der Waals surface area contributed by atoms with Crippen LogP contribution in [0.1, 0.15) is 0 Å². The Hall–Kier alpha value is -8.34. The van der Waals surface area contributed by atoms with Crippen molar-refractivity contribution in [3.63, 3.8) is 0 Å². The van der Waals surface area contributed by atoms with E-state index in [1.807, 2.05) is 12.1 Å². The summed E-state index contributed by atoms with van der Waals surface area (Å²) in [6, 6.07) is 78.2. The molecular weight excluding hydrogens is 757 g/mol. The van der Waals surface area contributed by atoms with Crippen molar-refractivity contribution in [1.29, 1.82) is 0 Å². The number of para-hydroxylation sites is 4. The number of furan rings is 2. The topological polar surface area (TPSA) is 34.5 Å². The fraction of sp³-hybridized carbons (Fsp3) is 0. The number of rotatable bonds is 6. The number of hydrogen-bond donors (Lipinski definition) is 0. The third kappa shape index (κ3) is 5.40. The molecule has 13 rings (SSSR count). The van der Waals surface area contributed by atoms with Gasteiger partial charge in [0.25, 0.3) is 0 Å². The minimum Gasteiger partial charge on any atom is -0.456 e. The van der Waals surface area contributed by atoms with Crippen LogP contribution < -0.4 is 4.90 Å². The van der Waals surface area contributed by atoms with E-state index in [1.165, 1.54) is 32.6 Å². The monoisotopic (exact) mass is 792 g/mol. The maximum absolute atomic E-state index is 6.45. The van der Waals surface area contributed by atoms with Crippen LogP contribution in [0.4, 0.5) is 17.1 Å². The van der Waals surface area contributed by atoms with Gasteiger partial charge >= 0.3 is 0 Å². The Labute approximate surface area is 356 Å². The molecule has 0 fully saturated rings. The first-order chi connectivity index (χ1) is 30.7. The highest BCUT2D eigenvalue weighted by Gasteiger charge is 2.21. The van der Waals surface area contributed by atoms with Crippen LogP contribution >= 0.6 is 0 Å². The molecule has 290 valence electrons. The molecule has 0 unspecified atom stereocenters. The molecule has 4 heteroatoms. The SMILES string of the molecule is c1cc(N(c2ccc(-c3ccc4oc5ccccc5c4c3)cc2)c2ccccc2-c2ccc3oc4cc5ccccc5cc4c3c2)cc(-n2c3ccccc3c3ccccc32)c1. The Balaban J connectivity index is 0.988. The lowest BCUT2D eigenvalue weighted by molar-refractivity contribution is 0.669. The Morgan fingerprint density at radius 2 is 0.887 bits per heavy atom. The smallest absolute Gasteiger partial charge is 0.136 e. The van der Waals surface area contributed by atoms with Gasteiger partial charge in [-0.25, -0.2) is 0 Å². The third-order valence-electron chi connectivity index (χ3n) is 12.6. The van der Waals surface area contributed by atoms with Gasteiger partial charge in [-0.3, -0.25) is 0 Å². The standard InChI is InChI=1S/C58H36N2O2/c1-2-13-39-35-58-51(32-38(39)12-1)50-34-41(27-31-57(50)62-58)45-16-3-7-20-52(45)59(42-28-24-37(25-29-42)40-26-30-56-49(33-40)48-19-6-10-23-55(48)61-56)43-14-11-15-44(36-43)60-53-21-8-4-17-46(53)47-18-5-9-22-54(47)60/h1-36H. The van der Waals surface area contributed by atoms with Crippen molar-refractivity contribution >= 4 is 93.5 Å². The van der Waals surface area contributed by atoms with Crippen LogP contribution in [0.15, 0.2) is 227 Å². The summed E-state index contributed by atoms with van der Waals surface area (Å²) in [6.07, 6.45) is 0. The van der Waals surface area contributed by atoms with Gasteiger partial charge in [-0.05, 0) is 118 Å². The summed E-state index contributed by atoms with van der Waals surface area (Å²) < 4.78 is 15.0. The van der Waals surface area contributed by atoms with Gasteiger partial charge < -0.3 is 18.3 Å². The van der Waals surface area contributed by atoms with Gasteiger partial charge in [0, 0.05) is 54.9 Å². The molecule has 10 aromatic carbocycles. The summed E-state index contributed by atoms with van der Waals surface area (Å²) in [7, 11) is 0. The second-order valence-corrected chi connectivity index (χ2v) is 16.1. The molecule has 3 heterocycles. The van der Waals surface area contributed by atoms with Crippen molar-refractivity contribution in [2.24, 2.45) is 0 Å². The van der Waals surface area contributed by atoms with Crippen molar-refractivity contribution in [2.45, 2.75) is 0 Å². The minimum atomic E-state index is 0.879. The average Bonchev–Trinajstić information content (AvgIpc) is 4.00. The van der Waals surface area contributed by atoms with E-state index in [2.05, 4.69) is 216 Å². The molecule has 0 saturated heterocycles. The zero-order valence-corrected chi connectivity index (χ0v) is 33.5. The van der Waals surface area contributed by atoms with Crippen molar-refractivity contribution in [3.8, 4) is 27.9 Å². The molecule has 3 aromatic heterocycles. The highest BCUT2D eigenvalue weighted by atomic mass is 16.3. The van der Waals surface area contributed by atoms with Crippen LogP contribution in [-0.4, -0.2) is 4.57 Å². The molecule has 0 aliphatic heterocycles. The maximum atomic E-state index is 6.45. The predicted molar refractivity (Wildman–Crippen MR) is 258 cm³/mol. The van der Waals surface area contributed by atoms with Crippen LogP contribution in [0.25, 0.3) is 104 Å². The molecular formula is C58H36N2O2. The van der Waals surface area contributed by atoms with Crippen molar-refractivity contribution < 1.29 is 8.83 Å². The summed E-state index contributed by atoms with van der Waals surface area (Å²) in [5.41, 5.74) is 14.7. The second kappa shape index (κ2) is 13.6. The van der Waals surface area contributed by atoms with E-state index in [4.69, 9.17) is 8.83 Å². The van der Waals surface area contributed by atoms with E-state index >= 15 is 0 Å². The number of nitrogens with zero attached hydrogens (tertiary/aromatic N) is 2. The number of hydrogen-bond acceptors (Lipinski definition) is 3. The lowest BCUT2D eigenvalue weighted by Crippen LogP contribution is -2.11. The number of anilines is 3. The van der Waals surface area contributed by atoms with Gasteiger partial charge in [0.1, 0.15) is 22.3 Å². The molecule has 0 saturated carbocycles. The van der Waals surface area contributed by atoms with E-state index in [0.717, 1.165) is 88.9 Å². The summed E-state index contributed by atoms with van der Waals surface area (Å²) >= 11 is 0. The third-order valence-corrected chi connectivity index (χ3v) is 12.6. The van der Waals surface area contributed by atoms with E-state index in [0.29, 0.717) is 0 Å². The first-order valence-electron chi connectivity index (χ1n) is 21.1.